The van der Waals surface area contributed by atoms with E-state index in [1.807, 2.05) is 0 Å². The van der Waals surface area contributed by atoms with Gasteiger partial charge in [0.25, 0.3) is 5.69 Å². The molecule has 2 aromatic rings. The normalized spacial score (nSPS) is 10.5. The molecular formula is C10H7ClN2O2. The molecule has 1 aromatic carbocycles. The van der Waals surface area contributed by atoms with Gasteiger partial charge in [-0.25, -0.2) is 4.98 Å². The molecule has 0 amide bonds. The van der Waals surface area contributed by atoms with Crippen LogP contribution in [-0.2, 0) is 0 Å². The molecule has 0 atom stereocenters. The van der Waals surface area contributed by atoms with Crippen molar-refractivity contribution in [3.63, 3.8) is 0 Å². The molecule has 1 aromatic heterocycles. The first-order chi connectivity index (χ1) is 7.08. The molecule has 15 heavy (non-hydrogen) atoms. The number of aromatic nitrogens is 1. The molecule has 2 rings (SSSR count). The zero-order chi connectivity index (χ0) is 11.0. The largest absolute Gasteiger partial charge is 0.270 e. The van der Waals surface area contributed by atoms with Crippen molar-refractivity contribution in [1.82, 2.24) is 4.98 Å². The van der Waals surface area contributed by atoms with E-state index in [0.29, 0.717) is 10.7 Å². The summed E-state index contributed by atoms with van der Waals surface area (Å²) in [7, 11) is 0. The van der Waals surface area contributed by atoms with E-state index in [1.54, 1.807) is 19.1 Å². The average molecular weight is 223 g/mol. The van der Waals surface area contributed by atoms with Gasteiger partial charge in [-0.2, -0.15) is 0 Å². The van der Waals surface area contributed by atoms with Gasteiger partial charge in [0.15, 0.2) is 0 Å². The van der Waals surface area contributed by atoms with E-state index in [9.17, 15) is 10.1 Å². The highest BCUT2D eigenvalue weighted by Crippen LogP contribution is 2.24. The number of nitro benzene ring substituents is 1. The Labute approximate surface area is 90.7 Å². The summed E-state index contributed by atoms with van der Waals surface area (Å²) in [5.74, 6) is 0. The van der Waals surface area contributed by atoms with Gasteiger partial charge >= 0.3 is 0 Å². The molecule has 76 valence electrons. The molecule has 0 bridgehead atoms. The highest BCUT2D eigenvalue weighted by atomic mass is 35.5. The number of fused-ring (bicyclic) bond motifs is 1. The van der Waals surface area contributed by atoms with Crippen LogP contribution in [0.15, 0.2) is 24.3 Å². The van der Waals surface area contributed by atoms with Crippen molar-refractivity contribution >= 4 is 28.2 Å². The summed E-state index contributed by atoms with van der Waals surface area (Å²) in [6.07, 6.45) is 0. The lowest BCUT2D eigenvalue weighted by Crippen LogP contribution is -1.91. The molecule has 0 radical (unpaired) electrons. The van der Waals surface area contributed by atoms with E-state index >= 15 is 0 Å². The van der Waals surface area contributed by atoms with Crippen LogP contribution in [0.4, 0.5) is 5.69 Å². The highest BCUT2D eigenvalue weighted by Gasteiger charge is 2.10. The smallest absolute Gasteiger partial charge is 0.258 e. The molecule has 0 aliphatic heterocycles. The van der Waals surface area contributed by atoms with Crippen LogP contribution in [0.1, 0.15) is 5.56 Å². The predicted octanol–water partition coefficient (Wildman–Crippen LogP) is 3.10. The quantitative estimate of drug-likeness (QED) is 0.423. The predicted molar refractivity (Wildman–Crippen MR) is 58.1 cm³/mol. The average Bonchev–Trinajstić information content (AvgIpc) is 2.18. The summed E-state index contributed by atoms with van der Waals surface area (Å²) in [6, 6.07) is 6.33. The standard InChI is InChI=1S/C10H7ClN2O2/c1-6-4-8(13(14)15)5-7-2-3-9(11)12-10(6)7/h2-5H,1H3. The summed E-state index contributed by atoms with van der Waals surface area (Å²) in [5, 5.41) is 11.7. The molecule has 1 heterocycles. The van der Waals surface area contributed by atoms with Crippen LogP contribution in [0, 0.1) is 17.0 Å². The first-order valence-corrected chi connectivity index (χ1v) is 4.67. The van der Waals surface area contributed by atoms with Gasteiger partial charge in [-0.05, 0) is 24.6 Å². The fraction of sp³-hybridized carbons (Fsp3) is 0.100. The SMILES string of the molecule is Cc1cc([N+](=O)[O-])cc2ccc(Cl)nc12. The van der Waals surface area contributed by atoms with Crippen molar-refractivity contribution in [2.45, 2.75) is 6.92 Å². The van der Waals surface area contributed by atoms with Crippen LogP contribution >= 0.6 is 11.6 Å². The number of nitrogens with zero attached hydrogens (tertiary/aromatic N) is 2. The molecule has 0 spiro atoms. The molecule has 0 unspecified atom stereocenters. The van der Waals surface area contributed by atoms with Gasteiger partial charge < -0.3 is 0 Å². The molecule has 5 heteroatoms. The van der Waals surface area contributed by atoms with Gasteiger partial charge in [0.05, 0.1) is 10.4 Å². The Kier molecular flexibility index (Phi) is 2.28. The van der Waals surface area contributed by atoms with E-state index < -0.39 is 4.92 Å². The second-order valence-corrected chi connectivity index (χ2v) is 3.61. The first-order valence-electron chi connectivity index (χ1n) is 4.29. The van der Waals surface area contributed by atoms with Crippen LogP contribution in [0.25, 0.3) is 10.9 Å². The summed E-state index contributed by atoms with van der Waals surface area (Å²) >= 11 is 5.75. The Hall–Kier alpha value is -1.68. The summed E-state index contributed by atoms with van der Waals surface area (Å²) in [6.45, 7) is 1.78. The van der Waals surface area contributed by atoms with Gasteiger partial charge in [0.2, 0.25) is 0 Å². The number of rotatable bonds is 1. The molecule has 0 N–H and O–H groups in total. The fourth-order valence-electron chi connectivity index (χ4n) is 1.48. The van der Waals surface area contributed by atoms with E-state index in [4.69, 9.17) is 11.6 Å². The number of hydrogen-bond donors (Lipinski definition) is 0. The van der Waals surface area contributed by atoms with E-state index in [0.717, 1.165) is 10.9 Å². The third kappa shape index (κ3) is 1.76. The maximum absolute atomic E-state index is 10.6. The van der Waals surface area contributed by atoms with Crippen molar-refractivity contribution in [3.05, 3.63) is 45.1 Å². The maximum Gasteiger partial charge on any atom is 0.270 e. The number of aryl methyl sites for hydroxylation is 1. The minimum atomic E-state index is -0.416. The summed E-state index contributed by atoms with van der Waals surface area (Å²) < 4.78 is 0. The van der Waals surface area contributed by atoms with Gasteiger partial charge in [0.1, 0.15) is 5.15 Å². The van der Waals surface area contributed by atoms with E-state index in [1.165, 1.54) is 12.1 Å². The molecule has 0 saturated carbocycles. The Morgan fingerprint density at radius 2 is 2.13 bits per heavy atom. The minimum Gasteiger partial charge on any atom is -0.258 e. The lowest BCUT2D eigenvalue weighted by molar-refractivity contribution is -0.384. The van der Waals surface area contributed by atoms with Crippen LogP contribution in [0.2, 0.25) is 5.15 Å². The van der Waals surface area contributed by atoms with Gasteiger partial charge in [0, 0.05) is 17.5 Å². The maximum atomic E-state index is 10.6. The van der Waals surface area contributed by atoms with Crippen LogP contribution in [-0.4, -0.2) is 9.91 Å². The summed E-state index contributed by atoms with van der Waals surface area (Å²) in [4.78, 5) is 14.3. The van der Waals surface area contributed by atoms with Crippen molar-refractivity contribution in [3.8, 4) is 0 Å². The molecule has 0 aliphatic rings. The van der Waals surface area contributed by atoms with Crippen LogP contribution < -0.4 is 0 Å². The Balaban J connectivity index is 2.78. The van der Waals surface area contributed by atoms with Crippen molar-refractivity contribution in [1.29, 1.82) is 0 Å². The molecule has 0 saturated heterocycles. The molecule has 0 aliphatic carbocycles. The second-order valence-electron chi connectivity index (χ2n) is 3.23. The van der Waals surface area contributed by atoms with E-state index in [2.05, 4.69) is 4.98 Å². The lowest BCUT2D eigenvalue weighted by Gasteiger charge is -2.01. The minimum absolute atomic E-state index is 0.0733. The zero-order valence-corrected chi connectivity index (χ0v) is 8.65. The monoisotopic (exact) mass is 222 g/mol. The third-order valence-corrected chi connectivity index (χ3v) is 2.36. The van der Waals surface area contributed by atoms with Crippen LogP contribution in [0.5, 0.6) is 0 Å². The van der Waals surface area contributed by atoms with Crippen LogP contribution in [0.3, 0.4) is 0 Å². The number of nitro groups is 1. The number of pyridine rings is 1. The van der Waals surface area contributed by atoms with E-state index in [-0.39, 0.29) is 5.69 Å². The number of halogens is 1. The van der Waals surface area contributed by atoms with Crippen molar-refractivity contribution < 1.29 is 4.92 Å². The second kappa shape index (κ2) is 3.47. The Bertz CT molecular complexity index is 554. The van der Waals surface area contributed by atoms with Gasteiger partial charge in [-0.1, -0.05) is 11.6 Å². The topological polar surface area (TPSA) is 56.0 Å². The summed E-state index contributed by atoms with van der Waals surface area (Å²) in [5.41, 5.74) is 1.53. The number of hydrogen-bond acceptors (Lipinski definition) is 3. The zero-order valence-electron chi connectivity index (χ0n) is 7.90. The Morgan fingerprint density at radius 3 is 2.80 bits per heavy atom. The number of benzene rings is 1. The highest BCUT2D eigenvalue weighted by molar-refractivity contribution is 6.29. The van der Waals surface area contributed by atoms with Crippen molar-refractivity contribution in [2.24, 2.45) is 0 Å². The Morgan fingerprint density at radius 1 is 1.40 bits per heavy atom. The first kappa shape index (κ1) is 9.86. The molecule has 4 nitrogen and oxygen atoms in total. The number of non-ortho nitro benzene ring substituents is 1. The fourth-order valence-corrected chi connectivity index (χ4v) is 1.62. The van der Waals surface area contributed by atoms with Crippen molar-refractivity contribution in [2.75, 3.05) is 0 Å². The lowest BCUT2D eigenvalue weighted by atomic mass is 10.1. The molecular weight excluding hydrogens is 216 g/mol. The van der Waals surface area contributed by atoms with Gasteiger partial charge in [-0.15, -0.1) is 0 Å². The third-order valence-electron chi connectivity index (χ3n) is 2.14. The molecule has 0 fully saturated rings. The van der Waals surface area contributed by atoms with Gasteiger partial charge in [-0.3, -0.25) is 10.1 Å².